The summed E-state index contributed by atoms with van der Waals surface area (Å²) in [6, 6.07) is 3.22. The first-order valence-electron chi connectivity index (χ1n) is 8.50. The van der Waals surface area contributed by atoms with Gasteiger partial charge in [-0.05, 0) is 56.3 Å². The van der Waals surface area contributed by atoms with Crippen LogP contribution >= 0.6 is 11.3 Å². The standard InChI is InChI=1S/C18H32N2S/c1-13(2)10-19-11-17-9-16(15(5)21-17)12-20-8-6-7-18(20)14(3)4/h9,13-14,18-19H,6-8,10-12H2,1-5H3. The van der Waals surface area contributed by atoms with E-state index >= 15 is 0 Å². The van der Waals surface area contributed by atoms with Crippen LogP contribution in [0.3, 0.4) is 0 Å². The molecule has 1 fully saturated rings. The maximum Gasteiger partial charge on any atom is 0.0300 e. The summed E-state index contributed by atoms with van der Waals surface area (Å²) in [5.74, 6) is 1.50. The molecule has 1 unspecified atom stereocenters. The molecule has 0 aromatic carbocycles. The highest BCUT2D eigenvalue weighted by atomic mass is 32.1. The fraction of sp³-hybridized carbons (Fsp3) is 0.778. The van der Waals surface area contributed by atoms with E-state index in [-0.39, 0.29) is 0 Å². The number of aryl methyl sites for hydroxylation is 1. The Morgan fingerprint density at radius 1 is 1.33 bits per heavy atom. The van der Waals surface area contributed by atoms with E-state index in [2.05, 4.69) is 50.9 Å². The summed E-state index contributed by atoms with van der Waals surface area (Å²) in [6.07, 6.45) is 2.75. The molecule has 3 heteroatoms. The lowest BCUT2D eigenvalue weighted by atomic mass is 10.0. The Morgan fingerprint density at radius 2 is 2.10 bits per heavy atom. The highest BCUT2D eigenvalue weighted by molar-refractivity contribution is 7.12. The van der Waals surface area contributed by atoms with Gasteiger partial charge in [0.2, 0.25) is 0 Å². The quantitative estimate of drug-likeness (QED) is 0.802. The summed E-state index contributed by atoms with van der Waals surface area (Å²) in [5, 5.41) is 3.56. The van der Waals surface area contributed by atoms with Crippen LogP contribution in [0.25, 0.3) is 0 Å². The molecule has 1 saturated heterocycles. The highest BCUT2D eigenvalue weighted by Gasteiger charge is 2.27. The Labute approximate surface area is 134 Å². The average molecular weight is 309 g/mol. The van der Waals surface area contributed by atoms with E-state index < -0.39 is 0 Å². The van der Waals surface area contributed by atoms with Gasteiger partial charge in [-0.3, -0.25) is 4.90 Å². The Balaban J connectivity index is 1.93. The lowest BCUT2D eigenvalue weighted by molar-refractivity contribution is 0.199. The van der Waals surface area contributed by atoms with E-state index in [1.807, 2.05) is 11.3 Å². The topological polar surface area (TPSA) is 15.3 Å². The Morgan fingerprint density at radius 3 is 2.76 bits per heavy atom. The lowest BCUT2D eigenvalue weighted by Crippen LogP contribution is -2.32. The van der Waals surface area contributed by atoms with Gasteiger partial charge in [0.15, 0.2) is 0 Å². The Hall–Kier alpha value is -0.380. The van der Waals surface area contributed by atoms with Gasteiger partial charge in [-0.2, -0.15) is 0 Å². The lowest BCUT2D eigenvalue weighted by Gasteiger charge is -2.27. The fourth-order valence-corrected chi connectivity index (χ4v) is 4.36. The molecule has 21 heavy (non-hydrogen) atoms. The van der Waals surface area contributed by atoms with E-state index in [0.717, 1.165) is 37.5 Å². The van der Waals surface area contributed by atoms with Crippen molar-refractivity contribution < 1.29 is 0 Å². The number of nitrogens with zero attached hydrogens (tertiary/aromatic N) is 1. The van der Waals surface area contributed by atoms with E-state index in [1.54, 1.807) is 5.56 Å². The van der Waals surface area contributed by atoms with Crippen LogP contribution in [0.5, 0.6) is 0 Å². The second-order valence-corrected chi connectivity index (χ2v) is 8.58. The maximum absolute atomic E-state index is 3.56. The van der Waals surface area contributed by atoms with Crippen LogP contribution in [0.2, 0.25) is 0 Å². The average Bonchev–Trinajstić information content (AvgIpc) is 2.97. The summed E-state index contributed by atoms with van der Waals surface area (Å²) in [7, 11) is 0. The molecule has 1 aromatic heterocycles. The smallest absolute Gasteiger partial charge is 0.0300 e. The van der Waals surface area contributed by atoms with Crippen molar-refractivity contribution in [2.75, 3.05) is 13.1 Å². The third kappa shape index (κ3) is 4.80. The molecule has 0 bridgehead atoms. The first-order chi connectivity index (χ1) is 9.97. The molecule has 1 atom stereocenters. The van der Waals surface area contributed by atoms with Gasteiger partial charge in [-0.1, -0.05) is 27.7 Å². The van der Waals surface area contributed by atoms with Gasteiger partial charge in [0.25, 0.3) is 0 Å². The minimum atomic E-state index is 0.724. The number of thiophene rings is 1. The maximum atomic E-state index is 3.56. The summed E-state index contributed by atoms with van der Waals surface area (Å²) >= 11 is 1.97. The molecule has 0 amide bonds. The first kappa shape index (κ1) is 17.0. The number of nitrogens with one attached hydrogen (secondary N) is 1. The van der Waals surface area contributed by atoms with E-state index in [4.69, 9.17) is 0 Å². The van der Waals surface area contributed by atoms with Crippen LogP contribution < -0.4 is 5.32 Å². The SMILES string of the molecule is Cc1sc(CNCC(C)C)cc1CN1CCCC1C(C)C. The summed E-state index contributed by atoms with van der Waals surface area (Å²) in [5.41, 5.74) is 1.55. The number of hydrogen-bond acceptors (Lipinski definition) is 3. The van der Waals surface area contributed by atoms with Crippen LogP contribution in [0.4, 0.5) is 0 Å². The van der Waals surface area contributed by atoms with Crippen molar-refractivity contribution in [3.05, 3.63) is 21.4 Å². The molecule has 0 saturated carbocycles. The molecule has 0 aliphatic carbocycles. The minimum Gasteiger partial charge on any atom is -0.312 e. The molecule has 0 radical (unpaired) electrons. The summed E-state index contributed by atoms with van der Waals surface area (Å²) < 4.78 is 0. The van der Waals surface area contributed by atoms with Crippen molar-refractivity contribution in [1.82, 2.24) is 10.2 Å². The van der Waals surface area contributed by atoms with Gasteiger partial charge in [-0.25, -0.2) is 0 Å². The Kier molecular flexibility index (Phi) is 6.27. The summed E-state index contributed by atoms with van der Waals surface area (Å²) in [4.78, 5) is 5.69. The molecule has 1 aliphatic rings. The van der Waals surface area contributed by atoms with Crippen molar-refractivity contribution in [3.8, 4) is 0 Å². The van der Waals surface area contributed by atoms with Crippen LogP contribution in [-0.2, 0) is 13.1 Å². The molecule has 120 valence electrons. The van der Waals surface area contributed by atoms with Crippen LogP contribution in [0.15, 0.2) is 6.07 Å². The molecule has 2 heterocycles. The first-order valence-corrected chi connectivity index (χ1v) is 9.32. The van der Waals surface area contributed by atoms with Gasteiger partial charge in [-0.15, -0.1) is 11.3 Å². The molecule has 2 rings (SSSR count). The largest absolute Gasteiger partial charge is 0.312 e. The van der Waals surface area contributed by atoms with Crippen LogP contribution in [0.1, 0.15) is 55.9 Å². The van der Waals surface area contributed by atoms with Crippen molar-refractivity contribution in [2.45, 2.75) is 66.6 Å². The molecule has 1 aromatic rings. The van der Waals surface area contributed by atoms with Crippen molar-refractivity contribution in [1.29, 1.82) is 0 Å². The molecule has 1 aliphatic heterocycles. The van der Waals surface area contributed by atoms with Crippen LogP contribution in [0, 0.1) is 18.8 Å². The van der Waals surface area contributed by atoms with Gasteiger partial charge in [0.05, 0.1) is 0 Å². The predicted molar refractivity (Wildman–Crippen MR) is 93.9 cm³/mol. The van der Waals surface area contributed by atoms with Crippen molar-refractivity contribution in [3.63, 3.8) is 0 Å². The molecular weight excluding hydrogens is 276 g/mol. The van der Waals surface area contributed by atoms with Gasteiger partial charge in [0.1, 0.15) is 0 Å². The number of likely N-dealkylation sites (tertiary alicyclic amines) is 1. The van der Waals surface area contributed by atoms with E-state index in [1.165, 1.54) is 29.1 Å². The zero-order chi connectivity index (χ0) is 15.4. The van der Waals surface area contributed by atoms with Crippen molar-refractivity contribution in [2.24, 2.45) is 11.8 Å². The Bertz CT molecular complexity index is 436. The highest BCUT2D eigenvalue weighted by Crippen LogP contribution is 2.29. The third-order valence-corrected chi connectivity index (χ3v) is 5.57. The number of rotatable bonds is 7. The van der Waals surface area contributed by atoms with E-state index in [9.17, 15) is 0 Å². The molecule has 0 spiro atoms. The van der Waals surface area contributed by atoms with Crippen molar-refractivity contribution >= 4 is 11.3 Å². The normalized spacial score (nSPS) is 20.0. The zero-order valence-corrected chi connectivity index (χ0v) is 15.2. The molecular formula is C18H32N2S. The second-order valence-electron chi connectivity index (χ2n) is 7.24. The summed E-state index contributed by atoms with van der Waals surface area (Å²) in [6.45, 7) is 16.1. The zero-order valence-electron chi connectivity index (χ0n) is 14.4. The number of hydrogen-bond donors (Lipinski definition) is 1. The van der Waals surface area contributed by atoms with Gasteiger partial charge < -0.3 is 5.32 Å². The molecule has 2 nitrogen and oxygen atoms in total. The monoisotopic (exact) mass is 308 g/mol. The fourth-order valence-electron chi connectivity index (χ4n) is 3.34. The second kappa shape index (κ2) is 7.75. The minimum absolute atomic E-state index is 0.724. The van der Waals surface area contributed by atoms with Crippen LogP contribution in [-0.4, -0.2) is 24.0 Å². The van der Waals surface area contributed by atoms with Gasteiger partial charge >= 0.3 is 0 Å². The third-order valence-electron chi connectivity index (χ3n) is 4.48. The predicted octanol–water partition coefficient (Wildman–Crippen LogP) is 4.42. The van der Waals surface area contributed by atoms with E-state index in [0.29, 0.717) is 0 Å². The molecule has 1 N–H and O–H groups in total. The van der Waals surface area contributed by atoms with Gasteiger partial charge in [0, 0.05) is 28.9 Å².